The highest BCUT2D eigenvalue weighted by atomic mass is 127. The average molecular weight is 527 g/mol. The molecule has 2 aromatic rings. The number of guanidine groups is 1. The highest BCUT2D eigenvalue weighted by Gasteiger charge is 2.44. The van der Waals surface area contributed by atoms with Crippen LogP contribution in [0.3, 0.4) is 0 Å². The van der Waals surface area contributed by atoms with E-state index in [-0.39, 0.29) is 35.2 Å². The van der Waals surface area contributed by atoms with Crippen molar-refractivity contribution in [2.45, 2.75) is 38.6 Å². The number of halogens is 2. The monoisotopic (exact) mass is 527 g/mol. The van der Waals surface area contributed by atoms with Crippen molar-refractivity contribution >= 4 is 29.9 Å². The highest BCUT2D eigenvalue weighted by molar-refractivity contribution is 14.0. The standard InChI is InChI=1S/C22H30FN5O.HI/c1-3-24-21(25-16-22(7-8-22)18-5-4-6-19(23)14-18)28-11-9-27(10-12-28)15-20-13-17(2)29-26-20;/h4-6,13-14H,3,7-12,15-16H2,1-2H3,(H,24,25);1H. The fourth-order valence-corrected chi connectivity index (χ4v) is 4.00. The van der Waals surface area contributed by atoms with E-state index in [9.17, 15) is 4.39 Å². The summed E-state index contributed by atoms with van der Waals surface area (Å²) in [6, 6.07) is 9.00. The van der Waals surface area contributed by atoms with E-state index in [2.05, 4.69) is 27.2 Å². The summed E-state index contributed by atoms with van der Waals surface area (Å²) >= 11 is 0. The van der Waals surface area contributed by atoms with E-state index in [1.807, 2.05) is 19.1 Å². The zero-order valence-electron chi connectivity index (χ0n) is 17.7. The first kappa shape index (κ1) is 23.0. The van der Waals surface area contributed by atoms with E-state index in [4.69, 9.17) is 9.52 Å². The highest BCUT2D eigenvalue weighted by Crippen LogP contribution is 2.48. The molecule has 1 aliphatic carbocycles. The molecule has 4 rings (SSSR count). The topological polar surface area (TPSA) is 56.9 Å². The number of rotatable bonds is 6. The van der Waals surface area contributed by atoms with Crippen molar-refractivity contribution in [2.75, 3.05) is 39.3 Å². The van der Waals surface area contributed by atoms with Gasteiger partial charge in [-0.2, -0.15) is 0 Å². The van der Waals surface area contributed by atoms with Gasteiger partial charge in [0.2, 0.25) is 0 Å². The van der Waals surface area contributed by atoms with E-state index in [1.54, 1.807) is 12.1 Å². The van der Waals surface area contributed by atoms with Gasteiger partial charge in [0.05, 0.1) is 12.2 Å². The first-order valence-corrected chi connectivity index (χ1v) is 10.5. The van der Waals surface area contributed by atoms with Crippen molar-refractivity contribution < 1.29 is 8.91 Å². The molecule has 2 fully saturated rings. The molecule has 1 aromatic carbocycles. The van der Waals surface area contributed by atoms with Crippen LogP contribution in [0.1, 0.15) is 36.8 Å². The maximum Gasteiger partial charge on any atom is 0.194 e. The largest absolute Gasteiger partial charge is 0.361 e. The zero-order valence-corrected chi connectivity index (χ0v) is 20.1. The van der Waals surface area contributed by atoms with Crippen molar-refractivity contribution in [3.63, 3.8) is 0 Å². The second-order valence-corrected chi connectivity index (χ2v) is 8.15. The smallest absolute Gasteiger partial charge is 0.194 e. The van der Waals surface area contributed by atoms with Crippen molar-refractivity contribution in [3.05, 3.63) is 53.2 Å². The number of nitrogens with zero attached hydrogens (tertiary/aromatic N) is 4. The Kier molecular flexibility index (Phi) is 7.73. The van der Waals surface area contributed by atoms with Gasteiger partial charge in [-0.1, -0.05) is 17.3 Å². The lowest BCUT2D eigenvalue weighted by Gasteiger charge is -2.36. The predicted octanol–water partition coefficient (Wildman–Crippen LogP) is 3.56. The molecule has 1 saturated heterocycles. The summed E-state index contributed by atoms with van der Waals surface area (Å²) in [5.41, 5.74) is 2.07. The van der Waals surface area contributed by atoms with Gasteiger partial charge in [0.25, 0.3) is 0 Å². The lowest BCUT2D eigenvalue weighted by atomic mass is 9.96. The Balaban J connectivity index is 0.00000256. The number of aliphatic imine (C=N–C) groups is 1. The molecule has 0 bridgehead atoms. The minimum absolute atomic E-state index is 0. The molecule has 2 heterocycles. The summed E-state index contributed by atoms with van der Waals surface area (Å²) in [6.07, 6.45) is 2.15. The average Bonchev–Trinajstić information content (AvgIpc) is 3.41. The molecule has 30 heavy (non-hydrogen) atoms. The number of aryl methyl sites for hydroxylation is 1. The van der Waals surface area contributed by atoms with Crippen molar-refractivity contribution in [1.82, 2.24) is 20.3 Å². The summed E-state index contributed by atoms with van der Waals surface area (Å²) in [5.74, 6) is 1.66. The van der Waals surface area contributed by atoms with Crippen LogP contribution >= 0.6 is 24.0 Å². The Labute approximate surface area is 194 Å². The van der Waals surface area contributed by atoms with Crippen molar-refractivity contribution in [3.8, 4) is 0 Å². The lowest BCUT2D eigenvalue weighted by molar-refractivity contribution is 0.169. The van der Waals surface area contributed by atoms with Crippen LogP contribution < -0.4 is 5.32 Å². The van der Waals surface area contributed by atoms with Crippen LogP contribution in [0.15, 0.2) is 39.8 Å². The van der Waals surface area contributed by atoms with Gasteiger partial charge >= 0.3 is 0 Å². The third-order valence-electron chi connectivity index (χ3n) is 5.89. The molecule has 1 N–H and O–H groups in total. The van der Waals surface area contributed by atoms with E-state index >= 15 is 0 Å². The quantitative estimate of drug-likeness (QED) is 0.354. The first-order valence-electron chi connectivity index (χ1n) is 10.5. The molecule has 1 aromatic heterocycles. The van der Waals surface area contributed by atoms with Crippen LogP contribution in [0, 0.1) is 12.7 Å². The Bertz CT molecular complexity index is 859. The fraction of sp³-hybridized carbons (Fsp3) is 0.545. The SMILES string of the molecule is CCNC(=NCC1(c2cccc(F)c2)CC1)N1CCN(Cc2cc(C)on2)CC1.I. The minimum Gasteiger partial charge on any atom is -0.361 e. The minimum atomic E-state index is -0.164. The molecule has 164 valence electrons. The number of aromatic nitrogens is 1. The second kappa shape index (κ2) is 10.1. The van der Waals surface area contributed by atoms with Gasteiger partial charge in [-0.15, -0.1) is 24.0 Å². The van der Waals surface area contributed by atoms with Gasteiger partial charge in [-0.3, -0.25) is 9.89 Å². The molecule has 1 saturated carbocycles. The number of hydrogen-bond acceptors (Lipinski definition) is 4. The molecular weight excluding hydrogens is 496 g/mol. The number of piperazine rings is 1. The van der Waals surface area contributed by atoms with Gasteiger partial charge in [-0.05, 0) is 44.4 Å². The number of nitrogens with one attached hydrogen (secondary N) is 1. The van der Waals surface area contributed by atoms with Crippen LogP contribution in [0.5, 0.6) is 0 Å². The third-order valence-corrected chi connectivity index (χ3v) is 5.89. The lowest BCUT2D eigenvalue weighted by Crippen LogP contribution is -2.52. The molecule has 0 atom stereocenters. The van der Waals surface area contributed by atoms with Crippen molar-refractivity contribution in [2.24, 2.45) is 4.99 Å². The van der Waals surface area contributed by atoms with Gasteiger partial charge in [0.1, 0.15) is 11.6 Å². The van der Waals surface area contributed by atoms with Gasteiger partial charge in [-0.25, -0.2) is 4.39 Å². The molecule has 0 unspecified atom stereocenters. The first-order chi connectivity index (χ1) is 14.1. The van der Waals surface area contributed by atoms with Crippen LogP contribution in [-0.4, -0.2) is 60.2 Å². The van der Waals surface area contributed by atoms with Gasteiger partial charge in [0.15, 0.2) is 5.96 Å². The van der Waals surface area contributed by atoms with Gasteiger partial charge in [0, 0.05) is 50.7 Å². The maximum atomic E-state index is 13.7. The fourth-order valence-electron chi connectivity index (χ4n) is 4.00. The Morgan fingerprint density at radius 2 is 2.00 bits per heavy atom. The Morgan fingerprint density at radius 3 is 2.60 bits per heavy atom. The Morgan fingerprint density at radius 1 is 1.23 bits per heavy atom. The molecule has 0 radical (unpaired) electrons. The third kappa shape index (κ3) is 5.51. The Hall–Kier alpha value is -1.68. The molecule has 0 spiro atoms. The summed E-state index contributed by atoms with van der Waals surface area (Å²) < 4.78 is 18.8. The number of benzene rings is 1. The summed E-state index contributed by atoms with van der Waals surface area (Å²) in [4.78, 5) is 9.68. The van der Waals surface area contributed by atoms with Crippen LogP contribution in [0.25, 0.3) is 0 Å². The van der Waals surface area contributed by atoms with E-state index in [0.29, 0.717) is 6.54 Å². The summed E-state index contributed by atoms with van der Waals surface area (Å²) in [6.45, 7) is 10.2. The van der Waals surface area contributed by atoms with E-state index < -0.39 is 0 Å². The van der Waals surface area contributed by atoms with Crippen LogP contribution in [-0.2, 0) is 12.0 Å². The summed E-state index contributed by atoms with van der Waals surface area (Å²) in [7, 11) is 0. The molecule has 2 aliphatic rings. The zero-order chi connectivity index (χ0) is 20.3. The molecule has 1 aliphatic heterocycles. The molecule has 6 nitrogen and oxygen atoms in total. The second-order valence-electron chi connectivity index (χ2n) is 8.15. The van der Waals surface area contributed by atoms with Crippen molar-refractivity contribution in [1.29, 1.82) is 0 Å². The molecular formula is C22H31FIN5O. The maximum absolute atomic E-state index is 13.7. The van der Waals surface area contributed by atoms with Gasteiger partial charge < -0.3 is 14.7 Å². The summed E-state index contributed by atoms with van der Waals surface area (Å²) in [5, 5.41) is 7.54. The van der Waals surface area contributed by atoms with E-state index in [0.717, 1.165) is 75.1 Å². The normalized spacial score (nSPS) is 18.8. The molecule has 8 heteroatoms. The van der Waals surface area contributed by atoms with Crippen LogP contribution in [0.4, 0.5) is 4.39 Å². The molecule has 0 amide bonds. The van der Waals surface area contributed by atoms with Crippen LogP contribution in [0.2, 0.25) is 0 Å². The number of hydrogen-bond donors (Lipinski definition) is 1. The predicted molar refractivity (Wildman–Crippen MR) is 127 cm³/mol. The van der Waals surface area contributed by atoms with E-state index in [1.165, 1.54) is 6.07 Å².